The van der Waals surface area contributed by atoms with Gasteiger partial charge in [-0.05, 0) is 80.4 Å². The third kappa shape index (κ3) is 10.2. The van der Waals surface area contributed by atoms with Gasteiger partial charge in [0.25, 0.3) is 0 Å². The summed E-state index contributed by atoms with van der Waals surface area (Å²) in [5, 5.41) is 14.3. The maximum atomic E-state index is 13.5. The van der Waals surface area contributed by atoms with E-state index < -0.39 is 6.04 Å². The van der Waals surface area contributed by atoms with Gasteiger partial charge in [-0.2, -0.15) is 4.98 Å². The van der Waals surface area contributed by atoms with Crippen LogP contribution in [0.15, 0.2) is 72.9 Å². The number of anilines is 7. The van der Waals surface area contributed by atoms with Crippen molar-refractivity contribution in [2.75, 3.05) is 106 Å². The van der Waals surface area contributed by atoms with E-state index in [1.165, 1.54) is 5.30 Å². The van der Waals surface area contributed by atoms with Crippen LogP contribution < -0.4 is 41.1 Å². The van der Waals surface area contributed by atoms with E-state index in [0.717, 1.165) is 86.8 Å². The lowest BCUT2D eigenvalue weighted by molar-refractivity contribution is -0.138. The number of para-hydroxylation sites is 1. The Morgan fingerprint density at radius 2 is 1.63 bits per heavy atom. The summed E-state index contributed by atoms with van der Waals surface area (Å²) in [4.78, 5) is 54.9. The van der Waals surface area contributed by atoms with E-state index in [0.29, 0.717) is 54.5 Å². The summed E-state index contributed by atoms with van der Waals surface area (Å²) in [6.07, 6.45) is 5.28. The molecule has 1 atom stereocenters. The fraction of sp³-hybridized carbons (Fsp3) is 0.432. The molecular weight excluding hydrogens is 799 g/mol. The van der Waals surface area contributed by atoms with Gasteiger partial charge in [-0.25, -0.2) is 4.98 Å². The third-order valence-corrected chi connectivity index (χ3v) is 13.4. The Balaban J connectivity index is 0.855. The number of likely N-dealkylation sites (N-methyl/N-ethyl adjacent to an activating group) is 1. The molecule has 16 heteroatoms. The Morgan fingerprint density at radius 1 is 0.917 bits per heavy atom. The minimum absolute atomic E-state index is 0.00338. The minimum Gasteiger partial charge on any atom is -0.494 e. The van der Waals surface area contributed by atoms with Crippen molar-refractivity contribution < 1.29 is 19.1 Å². The van der Waals surface area contributed by atoms with E-state index in [4.69, 9.17) is 21.3 Å². The number of methoxy groups -OCH3 is 1. The molecule has 3 saturated heterocycles. The highest BCUT2D eigenvalue weighted by atomic mass is 35.5. The molecule has 60 heavy (non-hydrogen) atoms. The molecule has 2 amide bonds. The van der Waals surface area contributed by atoms with Crippen LogP contribution in [0.5, 0.6) is 5.75 Å². The monoisotopic (exact) mass is 854 g/mol. The standard InChI is InChI=1S/C44H56ClN10O4P/c1-46-42(57)38(9-7-25-56)48-31-11-13-32(14-12-31)55-28-30(29-55)43(58)54-23-21-53(22-24-54)33-17-19-52(20-18-33)34-15-16-36(39(26-34)59-2)50-44-47-27-35(45)41(51-44)49-37-8-5-6-10-40(37)60(3)4/h5-6,8,10-16,25-27,30,33,38,48H,7,9,17-24,28-29H2,1-4H3,(H,46,57)(H2,47,49,50,51). The van der Waals surface area contributed by atoms with Crippen LogP contribution in [0.4, 0.5) is 40.2 Å². The van der Waals surface area contributed by atoms with E-state index in [1.54, 1.807) is 20.4 Å². The highest BCUT2D eigenvalue weighted by Crippen LogP contribution is 2.35. The van der Waals surface area contributed by atoms with Crippen LogP contribution in [0.1, 0.15) is 25.7 Å². The number of hydrogen-bond acceptors (Lipinski definition) is 12. The van der Waals surface area contributed by atoms with Gasteiger partial charge in [0.15, 0.2) is 5.82 Å². The van der Waals surface area contributed by atoms with Crippen LogP contribution in [-0.2, 0) is 14.4 Å². The van der Waals surface area contributed by atoms with Crippen LogP contribution >= 0.6 is 19.5 Å². The second-order valence-corrected chi connectivity index (χ2v) is 18.4. The lowest BCUT2D eigenvalue weighted by Gasteiger charge is -2.46. The summed E-state index contributed by atoms with van der Waals surface area (Å²) in [5.41, 5.74) is 4.73. The SMILES string of the molecule is CNC(=O)C(CCC=O)Nc1ccc(N2CC(C(=O)N3CCN(C4CCN(c5ccc(Nc6ncc(Cl)c(Nc7ccccc7P(C)C)n6)c(OC)c5)CC4)CC3)C2)cc1. The Labute approximate surface area is 359 Å². The Bertz CT molecular complexity index is 2110. The molecule has 14 nitrogen and oxygen atoms in total. The van der Waals surface area contributed by atoms with Gasteiger partial charge < -0.3 is 45.5 Å². The molecule has 0 aliphatic carbocycles. The molecule has 1 unspecified atom stereocenters. The number of halogens is 1. The summed E-state index contributed by atoms with van der Waals surface area (Å²) in [6.45, 7) is 11.0. The third-order valence-electron chi connectivity index (χ3n) is 11.7. The highest BCUT2D eigenvalue weighted by Gasteiger charge is 2.37. The van der Waals surface area contributed by atoms with Crippen LogP contribution in [0.3, 0.4) is 0 Å². The number of ether oxygens (including phenoxy) is 1. The molecule has 0 saturated carbocycles. The zero-order valence-electron chi connectivity index (χ0n) is 34.9. The van der Waals surface area contributed by atoms with Gasteiger partial charge in [0, 0.05) is 101 Å². The molecule has 0 bridgehead atoms. The molecule has 318 valence electrons. The van der Waals surface area contributed by atoms with Crippen molar-refractivity contribution in [1.82, 2.24) is 25.1 Å². The minimum atomic E-state index is -0.474. The molecule has 3 aliphatic rings. The fourth-order valence-electron chi connectivity index (χ4n) is 8.26. The average Bonchev–Trinajstić information content (AvgIpc) is 3.26. The largest absolute Gasteiger partial charge is 0.494 e. The smallest absolute Gasteiger partial charge is 0.242 e. The maximum absolute atomic E-state index is 13.5. The van der Waals surface area contributed by atoms with Crippen molar-refractivity contribution in [3.05, 3.63) is 77.9 Å². The molecular formula is C44H56ClN10O4P. The number of amides is 2. The lowest BCUT2D eigenvalue weighted by Crippen LogP contribution is -2.59. The first-order valence-corrected chi connectivity index (χ1v) is 23.3. The van der Waals surface area contributed by atoms with Crippen molar-refractivity contribution in [2.45, 2.75) is 37.8 Å². The van der Waals surface area contributed by atoms with Crippen LogP contribution in [0, 0.1) is 5.92 Å². The first-order chi connectivity index (χ1) is 29.1. The molecule has 3 fully saturated rings. The second kappa shape index (κ2) is 19.9. The Hall–Kier alpha value is -5.17. The molecule has 3 aromatic carbocycles. The van der Waals surface area contributed by atoms with Gasteiger partial charge >= 0.3 is 0 Å². The van der Waals surface area contributed by atoms with Gasteiger partial charge in [0.1, 0.15) is 23.1 Å². The van der Waals surface area contributed by atoms with E-state index >= 15 is 0 Å². The van der Waals surface area contributed by atoms with Gasteiger partial charge in [-0.1, -0.05) is 37.7 Å². The molecule has 7 rings (SSSR count). The van der Waals surface area contributed by atoms with Crippen LogP contribution in [-0.4, -0.2) is 130 Å². The van der Waals surface area contributed by atoms with Crippen molar-refractivity contribution in [1.29, 1.82) is 0 Å². The number of carbonyl (C=O) groups is 3. The lowest BCUT2D eigenvalue weighted by atomic mass is 9.96. The summed E-state index contributed by atoms with van der Waals surface area (Å²) in [7, 11) is 2.94. The molecule has 4 aromatic rings. The van der Waals surface area contributed by atoms with Crippen molar-refractivity contribution >= 4 is 83.1 Å². The highest BCUT2D eigenvalue weighted by molar-refractivity contribution is 7.64. The predicted octanol–water partition coefficient (Wildman–Crippen LogP) is 5.75. The number of hydrogen-bond donors (Lipinski definition) is 4. The number of piperidine rings is 1. The van der Waals surface area contributed by atoms with Gasteiger partial charge in [-0.3, -0.25) is 14.5 Å². The normalized spacial score (nSPS) is 16.9. The topological polar surface area (TPSA) is 147 Å². The van der Waals surface area contributed by atoms with E-state index in [9.17, 15) is 14.4 Å². The first-order valence-electron chi connectivity index (χ1n) is 20.7. The number of rotatable bonds is 16. The number of nitrogens with zero attached hydrogens (tertiary/aromatic N) is 6. The Kier molecular flexibility index (Phi) is 14.3. The van der Waals surface area contributed by atoms with E-state index in [2.05, 4.69) is 77.4 Å². The number of aromatic nitrogens is 2. The number of carbonyl (C=O) groups excluding carboxylic acids is 3. The van der Waals surface area contributed by atoms with Gasteiger partial charge in [0.05, 0.1) is 24.9 Å². The van der Waals surface area contributed by atoms with Crippen molar-refractivity contribution in [2.24, 2.45) is 5.92 Å². The van der Waals surface area contributed by atoms with Gasteiger partial charge in [0.2, 0.25) is 17.8 Å². The average molecular weight is 855 g/mol. The molecule has 0 spiro atoms. The number of piperazine rings is 1. The van der Waals surface area contributed by atoms with E-state index in [-0.39, 0.29) is 25.7 Å². The molecule has 1 aromatic heterocycles. The van der Waals surface area contributed by atoms with Crippen LogP contribution in [0.25, 0.3) is 0 Å². The van der Waals surface area contributed by atoms with Crippen LogP contribution in [0.2, 0.25) is 5.02 Å². The van der Waals surface area contributed by atoms with Gasteiger partial charge in [-0.15, -0.1) is 0 Å². The zero-order chi connectivity index (χ0) is 42.2. The molecule has 4 heterocycles. The summed E-state index contributed by atoms with van der Waals surface area (Å²) in [6, 6.07) is 22.3. The van der Waals surface area contributed by atoms with E-state index in [1.807, 2.05) is 48.5 Å². The zero-order valence-corrected chi connectivity index (χ0v) is 36.5. The number of aldehydes is 1. The van der Waals surface area contributed by atoms with Crippen molar-refractivity contribution in [3.63, 3.8) is 0 Å². The summed E-state index contributed by atoms with van der Waals surface area (Å²) >= 11 is 6.52. The fourth-order valence-corrected chi connectivity index (χ4v) is 9.39. The molecule has 4 N–H and O–H groups in total. The Morgan fingerprint density at radius 3 is 2.32 bits per heavy atom. The summed E-state index contributed by atoms with van der Waals surface area (Å²) < 4.78 is 5.83. The molecule has 0 radical (unpaired) electrons. The number of nitrogens with one attached hydrogen (secondary N) is 4. The second-order valence-electron chi connectivity index (χ2n) is 15.7. The predicted molar refractivity (Wildman–Crippen MR) is 244 cm³/mol. The summed E-state index contributed by atoms with van der Waals surface area (Å²) in [5.74, 6) is 1.76. The molecule has 3 aliphatic heterocycles. The number of benzene rings is 3. The maximum Gasteiger partial charge on any atom is 0.242 e. The first kappa shape index (κ1) is 42.9. The van der Waals surface area contributed by atoms with Crippen molar-refractivity contribution in [3.8, 4) is 5.75 Å². The quantitative estimate of drug-likeness (QED) is 0.0805.